The molecule has 0 bridgehead atoms. The highest BCUT2D eigenvalue weighted by molar-refractivity contribution is 5.83. The lowest BCUT2D eigenvalue weighted by Crippen LogP contribution is -2.44. The Morgan fingerprint density at radius 1 is 1.37 bits per heavy atom. The fraction of sp³-hybridized carbons (Fsp3) is 0.533. The van der Waals surface area contributed by atoms with Gasteiger partial charge in [-0.15, -0.1) is 0 Å². The number of rotatable bonds is 4. The maximum atomic E-state index is 12.3. The van der Waals surface area contributed by atoms with Crippen LogP contribution < -0.4 is 5.73 Å². The summed E-state index contributed by atoms with van der Waals surface area (Å²) < 4.78 is 5.59. The van der Waals surface area contributed by atoms with E-state index in [1.807, 2.05) is 42.2 Å². The quantitative estimate of drug-likeness (QED) is 0.898. The molecule has 4 nitrogen and oxygen atoms in total. The average molecular weight is 262 g/mol. The number of nitrogens with two attached hydrogens (primary N) is 1. The number of carbonyl (C=O) groups excluding carboxylic acids is 1. The van der Waals surface area contributed by atoms with E-state index in [-0.39, 0.29) is 5.91 Å². The van der Waals surface area contributed by atoms with Gasteiger partial charge in [0.15, 0.2) is 0 Å². The van der Waals surface area contributed by atoms with Crippen molar-refractivity contribution in [3.63, 3.8) is 0 Å². The van der Waals surface area contributed by atoms with Crippen molar-refractivity contribution in [2.24, 2.45) is 5.73 Å². The number of piperidine rings is 1. The van der Waals surface area contributed by atoms with Gasteiger partial charge in [0, 0.05) is 19.7 Å². The van der Waals surface area contributed by atoms with E-state index < -0.39 is 6.04 Å². The zero-order valence-corrected chi connectivity index (χ0v) is 11.4. The summed E-state index contributed by atoms with van der Waals surface area (Å²) in [5.41, 5.74) is 6.91. The molecule has 0 aliphatic carbocycles. The van der Waals surface area contributed by atoms with Crippen LogP contribution in [0.25, 0.3) is 0 Å². The number of amides is 1. The molecule has 0 spiro atoms. The number of ether oxygens (including phenoxy) is 1. The SMILES string of the molecule is CCOC1CCN(C(=O)C(N)c2ccccc2)CC1. The normalized spacial score (nSPS) is 18.3. The lowest BCUT2D eigenvalue weighted by atomic mass is 10.0. The second-order valence-corrected chi connectivity index (χ2v) is 4.87. The highest BCUT2D eigenvalue weighted by Gasteiger charge is 2.27. The van der Waals surface area contributed by atoms with Gasteiger partial charge in [0.05, 0.1) is 6.10 Å². The zero-order valence-electron chi connectivity index (χ0n) is 11.4. The molecule has 1 aliphatic rings. The smallest absolute Gasteiger partial charge is 0.244 e. The Hall–Kier alpha value is -1.39. The summed E-state index contributed by atoms with van der Waals surface area (Å²) in [4.78, 5) is 14.2. The summed E-state index contributed by atoms with van der Waals surface area (Å²) >= 11 is 0. The molecular formula is C15H22N2O2. The number of nitrogens with zero attached hydrogens (tertiary/aromatic N) is 1. The van der Waals surface area contributed by atoms with Crippen LogP contribution in [-0.4, -0.2) is 36.6 Å². The van der Waals surface area contributed by atoms with E-state index in [4.69, 9.17) is 10.5 Å². The minimum atomic E-state index is -0.551. The van der Waals surface area contributed by atoms with Crippen LogP contribution in [0.5, 0.6) is 0 Å². The standard InChI is InChI=1S/C15H22N2O2/c1-2-19-13-8-10-17(11-9-13)15(18)14(16)12-6-4-3-5-7-12/h3-7,13-14H,2,8-11,16H2,1H3. The summed E-state index contributed by atoms with van der Waals surface area (Å²) in [6.07, 6.45) is 2.10. The third-order valence-corrected chi connectivity index (χ3v) is 3.58. The highest BCUT2D eigenvalue weighted by Crippen LogP contribution is 2.18. The molecule has 1 amide bonds. The molecule has 4 heteroatoms. The number of likely N-dealkylation sites (tertiary alicyclic amines) is 1. The predicted molar refractivity (Wildman–Crippen MR) is 74.6 cm³/mol. The first-order valence-corrected chi connectivity index (χ1v) is 6.93. The Labute approximate surface area is 114 Å². The number of hydrogen-bond donors (Lipinski definition) is 1. The molecule has 1 saturated heterocycles. The van der Waals surface area contributed by atoms with Crippen molar-refractivity contribution in [3.8, 4) is 0 Å². The Kier molecular flexibility index (Phi) is 4.93. The third-order valence-electron chi connectivity index (χ3n) is 3.58. The van der Waals surface area contributed by atoms with Crippen LogP contribution >= 0.6 is 0 Å². The van der Waals surface area contributed by atoms with Crippen LogP contribution in [0.1, 0.15) is 31.4 Å². The van der Waals surface area contributed by atoms with Crippen LogP contribution in [-0.2, 0) is 9.53 Å². The average Bonchev–Trinajstić information content (AvgIpc) is 2.48. The summed E-state index contributed by atoms with van der Waals surface area (Å²) in [7, 11) is 0. The Balaban J connectivity index is 1.91. The number of benzene rings is 1. The van der Waals surface area contributed by atoms with E-state index in [0.29, 0.717) is 6.10 Å². The van der Waals surface area contributed by atoms with E-state index in [1.165, 1.54) is 0 Å². The van der Waals surface area contributed by atoms with Gasteiger partial charge in [-0.25, -0.2) is 0 Å². The predicted octanol–water partition coefficient (Wildman–Crippen LogP) is 1.71. The molecule has 19 heavy (non-hydrogen) atoms. The van der Waals surface area contributed by atoms with Crippen LogP contribution in [0.4, 0.5) is 0 Å². The second kappa shape index (κ2) is 6.68. The Morgan fingerprint density at radius 2 is 2.00 bits per heavy atom. The first kappa shape index (κ1) is 14.0. The van der Waals surface area contributed by atoms with Crippen molar-refractivity contribution in [1.82, 2.24) is 4.90 Å². The first-order chi connectivity index (χ1) is 9.22. The third kappa shape index (κ3) is 3.55. The number of hydrogen-bond acceptors (Lipinski definition) is 3. The molecule has 1 aliphatic heterocycles. The van der Waals surface area contributed by atoms with Crippen molar-refractivity contribution in [1.29, 1.82) is 0 Å². The van der Waals surface area contributed by atoms with Crippen LogP contribution in [0.2, 0.25) is 0 Å². The zero-order chi connectivity index (χ0) is 13.7. The van der Waals surface area contributed by atoms with Gasteiger partial charge in [0.1, 0.15) is 6.04 Å². The van der Waals surface area contributed by atoms with Gasteiger partial charge < -0.3 is 15.4 Å². The number of carbonyl (C=O) groups is 1. The van der Waals surface area contributed by atoms with Crippen molar-refractivity contribution >= 4 is 5.91 Å². The van der Waals surface area contributed by atoms with Crippen molar-refractivity contribution in [2.45, 2.75) is 31.9 Å². The molecule has 1 heterocycles. The van der Waals surface area contributed by atoms with E-state index in [2.05, 4.69) is 0 Å². The van der Waals surface area contributed by atoms with Gasteiger partial charge in [0.2, 0.25) is 5.91 Å². The molecule has 0 saturated carbocycles. The summed E-state index contributed by atoms with van der Waals surface area (Å²) in [5, 5.41) is 0. The minimum absolute atomic E-state index is 0.0150. The molecule has 104 valence electrons. The van der Waals surface area contributed by atoms with Crippen molar-refractivity contribution in [3.05, 3.63) is 35.9 Å². The minimum Gasteiger partial charge on any atom is -0.378 e. The Bertz CT molecular complexity index is 400. The molecule has 1 aromatic rings. The molecule has 1 unspecified atom stereocenters. The van der Waals surface area contributed by atoms with Gasteiger partial charge in [-0.05, 0) is 25.3 Å². The molecule has 1 fully saturated rings. The second-order valence-electron chi connectivity index (χ2n) is 4.87. The van der Waals surface area contributed by atoms with E-state index in [1.54, 1.807) is 0 Å². The lowest BCUT2D eigenvalue weighted by Gasteiger charge is -2.33. The molecule has 2 N–H and O–H groups in total. The van der Waals surface area contributed by atoms with Gasteiger partial charge in [-0.2, -0.15) is 0 Å². The summed E-state index contributed by atoms with van der Waals surface area (Å²) in [6, 6.07) is 8.98. The molecule has 1 atom stereocenters. The van der Waals surface area contributed by atoms with Gasteiger partial charge in [-0.3, -0.25) is 4.79 Å². The van der Waals surface area contributed by atoms with Crippen LogP contribution in [0.15, 0.2) is 30.3 Å². The highest BCUT2D eigenvalue weighted by atomic mass is 16.5. The van der Waals surface area contributed by atoms with Crippen molar-refractivity contribution in [2.75, 3.05) is 19.7 Å². The lowest BCUT2D eigenvalue weighted by molar-refractivity contribution is -0.135. The summed E-state index contributed by atoms with van der Waals surface area (Å²) in [5.74, 6) is 0.0150. The van der Waals surface area contributed by atoms with Crippen molar-refractivity contribution < 1.29 is 9.53 Å². The molecule has 0 radical (unpaired) electrons. The largest absolute Gasteiger partial charge is 0.378 e. The van der Waals surface area contributed by atoms with Gasteiger partial charge >= 0.3 is 0 Å². The molecule has 0 aromatic heterocycles. The maximum Gasteiger partial charge on any atom is 0.244 e. The molecule has 1 aromatic carbocycles. The van der Waals surface area contributed by atoms with E-state index in [0.717, 1.165) is 38.1 Å². The topological polar surface area (TPSA) is 55.6 Å². The molecular weight excluding hydrogens is 240 g/mol. The van der Waals surface area contributed by atoms with E-state index >= 15 is 0 Å². The Morgan fingerprint density at radius 3 is 2.58 bits per heavy atom. The first-order valence-electron chi connectivity index (χ1n) is 6.93. The monoisotopic (exact) mass is 262 g/mol. The summed E-state index contributed by atoms with van der Waals surface area (Å²) in [6.45, 7) is 4.22. The fourth-order valence-corrected chi connectivity index (χ4v) is 2.48. The van der Waals surface area contributed by atoms with E-state index in [9.17, 15) is 4.79 Å². The fourth-order valence-electron chi connectivity index (χ4n) is 2.48. The van der Waals surface area contributed by atoms with Gasteiger partial charge in [0.25, 0.3) is 0 Å². The molecule has 2 rings (SSSR count). The maximum absolute atomic E-state index is 12.3. The van der Waals surface area contributed by atoms with Crippen LogP contribution in [0.3, 0.4) is 0 Å². The van der Waals surface area contributed by atoms with Gasteiger partial charge in [-0.1, -0.05) is 30.3 Å². The van der Waals surface area contributed by atoms with Crippen LogP contribution in [0, 0.1) is 0 Å².